The zero-order valence-electron chi connectivity index (χ0n) is 28.2. The number of halogens is 2. The second-order valence-corrected chi connectivity index (χ2v) is 13.3. The number of nitrogens with one attached hydrogen (secondary N) is 1. The Morgan fingerprint density at radius 1 is 1.19 bits per heavy atom. The Balaban J connectivity index is 0.000000410. The summed E-state index contributed by atoms with van der Waals surface area (Å²) in [5.41, 5.74) is 11.7. The largest absolute Gasteiger partial charge is 0.467 e. The summed E-state index contributed by atoms with van der Waals surface area (Å²) in [6.07, 6.45) is 6.56. The van der Waals surface area contributed by atoms with Crippen LogP contribution in [0.3, 0.4) is 0 Å². The van der Waals surface area contributed by atoms with Crippen molar-refractivity contribution in [1.82, 2.24) is 24.8 Å². The summed E-state index contributed by atoms with van der Waals surface area (Å²) in [6.45, 7) is 6.52. The van der Waals surface area contributed by atoms with E-state index >= 15 is 0 Å². The maximum absolute atomic E-state index is 12.6. The van der Waals surface area contributed by atoms with Crippen molar-refractivity contribution >= 4 is 29.0 Å². The number of aliphatic imine (C=N–C) groups is 1. The van der Waals surface area contributed by atoms with Gasteiger partial charge in [0, 0.05) is 57.3 Å². The number of hydrazine groups is 1. The van der Waals surface area contributed by atoms with E-state index in [0.717, 1.165) is 67.3 Å². The first-order chi connectivity index (χ1) is 22.6. The summed E-state index contributed by atoms with van der Waals surface area (Å²) in [5, 5.41) is 9.48. The van der Waals surface area contributed by atoms with Crippen LogP contribution in [0.1, 0.15) is 67.5 Å². The predicted molar refractivity (Wildman–Crippen MR) is 187 cm³/mol. The van der Waals surface area contributed by atoms with Gasteiger partial charge in [0.1, 0.15) is 12.0 Å². The molecule has 4 aliphatic heterocycles. The van der Waals surface area contributed by atoms with E-state index < -0.39 is 6.17 Å². The number of nitrogens with two attached hydrogens (primary N) is 2. The topological polar surface area (TPSA) is 136 Å². The number of likely N-dealkylation sites (N-methyl/N-ethyl adjacent to an activating group) is 2. The van der Waals surface area contributed by atoms with E-state index in [9.17, 15) is 4.39 Å². The van der Waals surface area contributed by atoms with E-state index in [4.69, 9.17) is 43.3 Å². The van der Waals surface area contributed by atoms with Gasteiger partial charge in [-0.3, -0.25) is 25.2 Å². The highest BCUT2D eigenvalue weighted by molar-refractivity contribution is 6.46. The van der Waals surface area contributed by atoms with Crippen LogP contribution in [0.25, 0.3) is 0 Å². The molecule has 4 aliphatic rings. The third-order valence-electron chi connectivity index (χ3n) is 9.58. The smallest absolute Gasteiger partial charge is 0.318 e. The fourth-order valence-electron chi connectivity index (χ4n) is 7.16. The van der Waals surface area contributed by atoms with Crippen molar-refractivity contribution in [3.8, 4) is 6.01 Å². The molecule has 5 heterocycles. The second-order valence-electron chi connectivity index (χ2n) is 13.0. The number of methoxy groups -OCH3 is 1. The van der Waals surface area contributed by atoms with Crippen LogP contribution in [0, 0.1) is 5.41 Å². The van der Waals surface area contributed by atoms with Crippen LogP contribution < -0.4 is 21.2 Å². The van der Waals surface area contributed by atoms with Crippen LogP contribution in [-0.4, -0.2) is 102 Å². The Hall–Kier alpha value is -3.32. The van der Waals surface area contributed by atoms with E-state index in [1.807, 2.05) is 0 Å². The van der Waals surface area contributed by atoms with Crippen molar-refractivity contribution in [2.45, 2.75) is 76.7 Å². The molecule has 0 amide bonds. The van der Waals surface area contributed by atoms with Gasteiger partial charge < -0.3 is 15.4 Å². The van der Waals surface area contributed by atoms with Crippen LogP contribution in [0.15, 0.2) is 40.0 Å². The number of aromatic nitrogens is 2. The molecule has 0 saturated carbocycles. The summed E-state index contributed by atoms with van der Waals surface area (Å²) >= 11 is 6.64. The van der Waals surface area contributed by atoms with Gasteiger partial charge >= 0.3 is 6.01 Å². The number of fused-ring (bicyclic) bond motifs is 2. The molecule has 1 aromatic carbocycles. The number of anilines is 1. The van der Waals surface area contributed by atoms with E-state index in [2.05, 4.69) is 57.9 Å². The Bertz CT molecular complexity index is 1470. The molecule has 3 unspecified atom stereocenters. The first kappa shape index (κ1) is 35.0. The van der Waals surface area contributed by atoms with Gasteiger partial charge in [0.15, 0.2) is 5.84 Å². The quantitative estimate of drug-likeness (QED) is 0.172. The maximum Gasteiger partial charge on any atom is 0.318 e. The first-order valence-corrected chi connectivity index (χ1v) is 17.1. The number of nitrogens with zero attached hydrogens (tertiary/aromatic N) is 7. The summed E-state index contributed by atoms with van der Waals surface area (Å²) in [6, 6.07) is 9.88. The highest BCUT2D eigenvalue weighted by Crippen LogP contribution is 2.38. The zero-order chi connectivity index (χ0) is 33.7. The predicted octanol–water partition coefficient (Wildman–Crippen LogP) is 4.20. The number of ether oxygens (including phenoxy) is 1. The average Bonchev–Trinajstić information content (AvgIpc) is 3.55. The number of benzene rings is 1. The normalized spacial score (nSPS) is 23.5. The van der Waals surface area contributed by atoms with E-state index in [0.29, 0.717) is 43.9 Å². The number of amidine groups is 1. The van der Waals surface area contributed by atoms with Crippen LogP contribution >= 0.6 is 11.6 Å². The zero-order valence-corrected chi connectivity index (χ0v) is 28.9. The molecule has 0 aliphatic carbocycles. The van der Waals surface area contributed by atoms with E-state index in [1.165, 1.54) is 24.0 Å². The molecule has 13 heteroatoms. The molecule has 0 spiro atoms. The molecule has 0 radical (unpaired) electrons. The molecule has 256 valence electrons. The molecular formula is C34H50ClFN10O. The molecule has 2 saturated heterocycles. The lowest BCUT2D eigenvalue weighted by atomic mass is 9.89. The molecule has 11 nitrogen and oxygen atoms in total. The minimum atomic E-state index is -0.518. The number of hydrogen-bond donors (Lipinski definition) is 3. The molecule has 1 aromatic heterocycles. The van der Waals surface area contributed by atoms with Gasteiger partial charge in [-0.05, 0) is 56.8 Å². The molecule has 6 rings (SSSR count). The summed E-state index contributed by atoms with van der Waals surface area (Å²) in [5.74, 6) is 6.46. The number of rotatable bonds is 7. The highest BCUT2D eigenvalue weighted by Gasteiger charge is 2.35. The van der Waals surface area contributed by atoms with E-state index in [-0.39, 0.29) is 22.6 Å². The lowest BCUT2D eigenvalue weighted by Crippen LogP contribution is -2.38. The third kappa shape index (κ3) is 8.05. The van der Waals surface area contributed by atoms with Crippen LogP contribution in [0.5, 0.6) is 6.01 Å². The fourth-order valence-corrected chi connectivity index (χ4v) is 7.37. The van der Waals surface area contributed by atoms with Crippen molar-refractivity contribution in [1.29, 1.82) is 5.41 Å². The molecular weight excluding hydrogens is 619 g/mol. The number of alkyl halides is 1. The summed E-state index contributed by atoms with van der Waals surface area (Å²) in [7, 11) is 5.30. The molecule has 47 heavy (non-hydrogen) atoms. The van der Waals surface area contributed by atoms with Crippen molar-refractivity contribution in [2.75, 3.05) is 58.8 Å². The highest BCUT2D eigenvalue weighted by atomic mass is 35.5. The van der Waals surface area contributed by atoms with Gasteiger partial charge in [-0.2, -0.15) is 9.97 Å². The molecule has 2 aromatic rings. The number of hydrogen-bond acceptors (Lipinski definition) is 10. The lowest BCUT2D eigenvalue weighted by molar-refractivity contribution is 0.212. The monoisotopic (exact) mass is 668 g/mol. The van der Waals surface area contributed by atoms with Gasteiger partial charge in [0.05, 0.1) is 35.8 Å². The second kappa shape index (κ2) is 15.7. The summed E-state index contributed by atoms with van der Waals surface area (Å²) < 4.78 is 18.2. The van der Waals surface area contributed by atoms with Crippen LogP contribution in [-0.2, 0) is 19.4 Å². The van der Waals surface area contributed by atoms with Gasteiger partial charge in [-0.25, -0.2) is 10.2 Å². The summed E-state index contributed by atoms with van der Waals surface area (Å²) in [4.78, 5) is 21.1. The minimum Gasteiger partial charge on any atom is -0.467 e. The standard InChI is InChI=1S/C27H38ClN9O.C7H12FN/c1-5-9-17-10-6-7-11-18(17)22-14-20-19(15-35(22)2)26(34-27(33-20)38-4)37-13-8-12-32-21(16-37)23(28)24(29)25(30)36(3)31;8-6-4-7-2-1-3-9(7)5-6/h6-7,10-11,22,30H,5,8-9,12-16,29,31H2,1-4H3;6-7H,1-5H2/b24-23+,30-25?;. The van der Waals surface area contributed by atoms with E-state index in [1.54, 1.807) is 14.2 Å². The van der Waals surface area contributed by atoms with Crippen molar-refractivity contribution in [3.63, 3.8) is 0 Å². The molecule has 5 N–H and O–H groups in total. The van der Waals surface area contributed by atoms with Gasteiger partial charge in [-0.15, -0.1) is 0 Å². The first-order valence-electron chi connectivity index (χ1n) is 16.7. The Morgan fingerprint density at radius 2 is 1.98 bits per heavy atom. The van der Waals surface area contributed by atoms with Crippen LogP contribution in [0.2, 0.25) is 0 Å². The Labute approximate surface area is 283 Å². The maximum atomic E-state index is 12.6. The average molecular weight is 669 g/mol. The Kier molecular flexibility index (Phi) is 11.7. The SMILES string of the molecule is CCCc1ccccc1C1Cc2nc(OC)nc(N3CCCN=C(/C(Cl)=C(\N)C(=N)N(C)N)C3)c2CN1C.FC1CC2CCCN2C1. The molecule has 3 atom stereocenters. The minimum absolute atomic E-state index is 0.0643. The fraction of sp³-hybridized carbons (Fsp3) is 0.588. The van der Waals surface area contributed by atoms with Crippen molar-refractivity contribution in [3.05, 3.63) is 57.4 Å². The molecule has 2 fully saturated rings. The van der Waals surface area contributed by atoms with Crippen molar-refractivity contribution in [2.24, 2.45) is 16.6 Å². The lowest BCUT2D eigenvalue weighted by Gasteiger charge is -2.37. The molecule has 0 bridgehead atoms. The van der Waals surface area contributed by atoms with Crippen LogP contribution in [0.4, 0.5) is 10.2 Å². The Morgan fingerprint density at radius 3 is 2.70 bits per heavy atom. The van der Waals surface area contributed by atoms with Crippen molar-refractivity contribution < 1.29 is 9.13 Å². The number of aryl methyl sites for hydroxylation is 1. The van der Waals surface area contributed by atoms with Gasteiger partial charge in [0.25, 0.3) is 0 Å². The van der Waals surface area contributed by atoms with Gasteiger partial charge in [0.2, 0.25) is 0 Å². The van der Waals surface area contributed by atoms with Gasteiger partial charge in [-0.1, -0.05) is 49.2 Å². The third-order valence-corrected chi connectivity index (χ3v) is 10.0.